The maximum Gasteiger partial charge on any atom is 0.351 e. The number of carbonyl (C=O) groups is 3. The first-order chi connectivity index (χ1) is 15.2. The molecule has 2 amide bonds. The van der Waals surface area contributed by atoms with Crippen molar-refractivity contribution in [3.05, 3.63) is 22.7 Å². The minimum atomic E-state index is -1.81. The van der Waals surface area contributed by atoms with E-state index in [-0.39, 0.29) is 24.6 Å². The molecule has 0 saturated carbocycles. The fraction of sp³-hybridized carbons (Fsp3) is 0.667. The summed E-state index contributed by atoms with van der Waals surface area (Å²) in [4.78, 5) is 53.0. The highest BCUT2D eigenvalue weighted by Gasteiger charge is 2.48. The van der Waals surface area contributed by atoms with Crippen molar-refractivity contribution in [2.24, 2.45) is 0 Å². The number of unbranched alkanes of at least 4 members (excludes halogenated alkanes) is 1. The number of alkyl halides is 1. The second-order valence-corrected chi connectivity index (χ2v) is 7.72. The Labute approximate surface area is 186 Å². The molecule has 0 spiro atoms. The second kappa shape index (κ2) is 11.7. The van der Waals surface area contributed by atoms with Crippen LogP contribution in [0.25, 0.3) is 0 Å². The van der Waals surface area contributed by atoms with Gasteiger partial charge in [-0.1, -0.05) is 20.3 Å². The van der Waals surface area contributed by atoms with Crippen molar-refractivity contribution in [1.82, 2.24) is 14.5 Å². The number of ether oxygens (including phenoxy) is 2. The molecule has 1 aliphatic rings. The SMILES string of the molecule is CCCCN(C)C(=O)CCC(=O)O[C@@H]1C(F)[C@H](n2ccc(NC(C)=O)nc2=O)O[C@@H]1CC. The number of aromatic nitrogens is 2. The van der Waals surface area contributed by atoms with Crippen molar-refractivity contribution in [2.45, 2.75) is 77.5 Å². The van der Waals surface area contributed by atoms with Gasteiger partial charge in [-0.3, -0.25) is 19.0 Å². The molecule has 1 saturated heterocycles. The van der Waals surface area contributed by atoms with Gasteiger partial charge in [-0.2, -0.15) is 4.98 Å². The molecule has 2 rings (SSSR count). The van der Waals surface area contributed by atoms with Gasteiger partial charge in [0.25, 0.3) is 0 Å². The first kappa shape index (κ1) is 25.4. The summed E-state index contributed by atoms with van der Waals surface area (Å²) in [7, 11) is 1.67. The van der Waals surface area contributed by atoms with Crippen molar-refractivity contribution < 1.29 is 28.2 Å². The lowest BCUT2D eigenvalue weighted by Gasteiger charge is -2.20. The highest BCUT2D eigenvalue weighted by atomic mass is 19.1. The maximum atomic E-state index is 15.2. The van der Waals surface area contributed by atoms with Crippen LogP contribution in [0, 0.1) is 0 Å². The Hall–Kier alpha value is -2.82. The van der Waals surface area contributed by atoms with E-state index >= 15 is 4.39 Å². The van der Waals surface area contributed by atoms with Gasteiger partial charge in [0, 0.05) is 33.1 Å². The van der Waals surface area contributed by atoms with E-state index in [4.69, 9.17) is 9.47 Å². The molecule has 0 aliphatic carbocycles. The van der Waals surface area contributed by atoms with Crippen LogP contribution in [0.1, 0.15) is 59.1 Å². The van der Waals surface area contributed by atoms with E-state index in [1.54, 1.807) is 18.9 Å². The van der Waals surface area contributed by atoms with Gasteiger partial charge in [0.15, 0.2) is 18.5 Å². The fourth-order valence-corrected chi connectivity index (χ4v) is 3.37. The quantitative estimate of drug-likeness (QED) is 0.535. The number of halogens is 1. The highest BCUT2D eigenvalue weighted by Crippen LogP contribution is 2.34. The van der Waals surface area contributed by atoms with Gasteiger partial charge in [-0.05, 0) is 18.9 Å². The summed E-state index contributed by atoms with van der Waals surface area (Å²) in [6.07, 6.45) is -1.88. The van der Waals surface area contributed by atoms with Crippen molar-refractivity contribution >= 4 is 23.6 Å². The molecule has 4 atom stereocenters. The van der Waals surface area contributed by atoms with Gasteiger partial charge in [0.05, 0.1) is 6.42 Å². The summed E-state index contributed by atoms with van der Waals surface area (Å²) >= 11 is 0. The largest absolute Gasteiger partial charge is 0.456 e. The van der Waals surface area contributed by atoms with Crippen molar-refractivity contribution in [1.29, 1.82) is 0 Å². The van der Waals surface area contributed by atoms with Crippen LogP contribution < -0.4 is 11.0 Å². The van der Waals surface area contributed by atoms with Crippen molar-refractivity contribution in [2.75, 3.05) is 18.9 Å². The number of carbonyl (C=O) groups excluding carboxylic acids is 3. The van der Waals surface area contributed by atoms with Crippen LogP contribution in [0.5, 0.6) is 0 Å². The number of nitrogens with one attached hydrogen (secondary N) is 1. The zero-order valence-corrected chi connectivity index (χ0v) is 18.9. The molecular formula is C21H31FN4O6. The average Bonchev–Trinajstić information content (AvgIpc) is 3.05. The number of nitrogens with zero attached hydrogens (tertiary/aromatic N) is 3. The highest BCUT2D eigenvalue weighted by molar-refractivity contribution is 5.87. The average molecular weight is 454 g/mol. The summed E-state index contributed by atoms with van der Waals surface area (Å²) in [6.45, 7) is 5.64. The van der Waals surface area contributed by atoms with Crippen molar-refractivity contribution in [3.8, 4) is 0 Å². The summed E-state index contributed by atoms with van der Waals surface area (Å²) < 4.78 is 27.1. The zero-order chi connectivity index (χ0) is 23.8. The lowest BCUT2D eigenvalue weighted by atomic mass is 10.1. The number of hydrogen-bond donors (Lipinski definition) is 1. The van der Waals surface area contributed by atoms with Crippen LogP contribution in [-0.4, -0.2) is 64.2 Å². The summed E-state index contributed by atoms with van der Waals surface area (Å²) in [6, 6.07) is 1.35. The van der Waals surface area contributed by atoms with E-state index in [1.807, 2.05) is 6.92 Å². The predicted octanol–water partition coefficient (Wildman–Crippen LogP) is 1.80. The van der Waals surface area contributed by atoms with Gasteiger partial charge in [-0.15, -0.1) is 0 Å². The Balaban J connectivity index is 2.01. The molecule has 10 nitrogen and oxygen atoms in total. The Morgan fingerprint density at radius 1 is 1.31 bits per heavy atom. The summed E-state index contributed by atoms with van der Waals surface area (Å²) in [5, 5.41) is 2.37. The molecule has 0 radical (unpaired) electrons. The van der Waals surface area contributed by atoms with Gasteiger partial charge in [-0.25, -0.2) is 9.18 Å². The smallest absolute Gasteiger partial charge is 0.351 e. The number of anilines is 1. The van der Waals surface area contributed by atoms with Crippen LogP contribution in [0.3, 0.4) is 0 Å². The monoisotopic (exact) mass is 454 g/mol. The minimum Gasteiger partial charge on any atom is -0.456 e. The van der Waals surface area contributed by atoms with Crippen LogP contribution in [-0.2, 0) is 23.9 Å². The topological polar surface area (TPSA) is 120 Å². The third kappa shape index (κ3) is 6.59. The maximum absolute atomic E-state index is 15.2. The lowest BCUT2D eigenvalue weighted by Crippen LogP contribution is -2.36. The van der Waals surface area contributed by atoms with E-state index in [1.165, 1.54) is 19.2 Å². The Kier molecular flexibility index (Phi) is 9.30. The number of esters is 1. The van der Waals surface area contributed by atoms with Gasteiger partial charge in [0.1, 0.15) is 11.9 Å². The van der Waals surface area contributed by atoms with Gasteiger partial charge < -0.3 is 19.7 Å². The zero-order valence-electron chi connectivity index (χ0n) is 18.9. The first-order valence-electron chi connectivity index (χ1n) is 10.8. The van der Waals surface area contributed by atoms with E-state index in [9.17, 15) is 19.2 Å². The number of rotatable bonds is 10. The molecule has 32 heavy (non-hydrogen) atoms. The summed E-state index contributed by atoms with van der Waals surface area (Å²) in [5.74, 6) is -1.25. The molecule has 0 bridgehead atoms. The molecule has 2 heterocycles. The van der Waals surface area contributed by atoms with E-state index in [2.05, 4.69) is 10.3 Å². The first-order valence-corrected chi connectivity index (χ1v) is 10.8. The van der Waals surface area contributed by atoms with E-state index in [0.717, 1.165) is 17.4 Å². The second-order valence-electron chi connectivity index (χ2n) is 7.72. The van der Waals surface area contributed by atoms with Crippen LogP contribution in [0.4, 0.5) is 10.2 Å². The molecule has 0 aromatic carbocycles. The van der Waals surface area contributed by atoms with E-state index in [0.29, 0.717) is 13.0 Å². The fourth-order valence-electron chi connectivity index (χ4n) is 3.37. The number of hydrogen-bond acceptors (Lipinski definition) is 7. The third-order valence-electron chi connectivity index (χ3n) is 5.16. The third-order valence-corrected chi connectivity index (χ3v) is 5.16. The van der Waals surface area contributed by atoms with Gasteiger partial charge >= 0.3 is 11.7 Å². The standard InChI is InChI=1S/C21H31FN4O6/c1-5-7-11-25(4)16(28)8-9-17(29)32-19-14(6-2)31-20(18(19)22)26-12-10-15(23-13(3)27)24-21(26)30/h10,12,14,18-20H,5-9,11H2,1-4H3,(H,23,24,27,30)/t14-,18?,19+,20-/m1/s1. The van der Waals surface area contributed by atoms with E-state index < -0.39 is 42.2 Å². The lowest BCUT2D eigenvalue weighted by molar-refractivity contribution is -0.155. The molecule has 1 aromatic heterocycles. The Morgan fingerprint density at radius 3 is 2.62 bits per heavy atom. The summed E-state index contributed by atoms with van der Waals surface area (Å²) in [5.41, 5.74) is -0.813. The molecule has 1 N–H and O–H groups in total. The minimum absolute atomic E-state index is 0.0300. The van der Waals surface area contributed by atoms with Crippen LogP contribution in [0.15, 0.2) is 17.1 Å². The van der Waals surface area contributed by atoms with Gasteiger partial charge in [0.2, 0.25) is 11.8 Å². The predicted molar refractivity (Wildman–Crippen MR) is 114 cm³/mol. The van der Waals surface area contributed by atoms with Crippen molar-refractivity contribution in [3.63, 3.8) is 0 Å². The molecule has 178 valence electrons. The Morgan fingerprint density at radius 2 is 2.03 bits per heavy atom. The molecule has 1 aliphatic heterocycles. The Bertz CT molecular complexity index is 876. The van der Waals surface area contributed by atoms with Crippen LogP contribution in [0.2, 0.25) is 0 Å². The molecule has 1 unspecified atom stereocenters. The molecule has 1 aromatic rings. The number of amides is 2. The normalized spacial score (nSPS) is 22.4. The van der Waals surface area contributed by atoms with Crippen LogP contribution >= 0.6 is 0 Å². The molecular weight excluding hydrogens is 423 g/mol. The molecule has 11 heteroatoms. The molecule has 1 fully saturated rings.